The quantitative estimate of drug-likeness (QED) is 0.879. The number of amides is 1. The number of carbonyl (C=O) groups excluding carboxylic acids is 1. The van der Waals surface area contributed by atoms with E-state index >= 15 is 0 Å². The van der Waals surface area contributed by atoms with Crippen molar-refractivity contribution in [3.8, 4) is 0 Å². The van der Waals surface area contributed by atoms with Crippen LogP contribution in [0, 0.1) is 0 Å². The maximum Gasteiger partial charge on any atom is 0.224 e. The van der Waals surface area contributed by atoms with Gasteiger partial charge in [-0.1, -0.05) is 13.0 Å². The van der Waals surface area contributed by atoms with Crippen molar-refractivity contribution >= 4 is 17.3 Å². The molecule has 20 heavy (non-hydrogen) atoms. The minimum absolute atomic E-state index is 0.0156. The third-order valence-corrected chi connectivity index (χ3v) is 3.15. The Morgan fingerprint density at radius 1 is 1.35 bits per heavy atom. The highest BCUT2D eigenvalue weighted by Crippen LogP contribution is 2.21. The normalized spacial score (nSPS) is 11.9. The van der Waals surface area contributed by atoms with Gasteiger partial charge >= 0.3 is 0 Å². The smallest absolute Gasteiger partial charge is 0.224 e. The lowest BCUT2D eigenvalue weighted by molar-refractivity contribution is -0.115. The highest BCUT2D eigenvalue weighted by Gasteiger charge is 2.09. The van der Waals surface area contributed by atoms with Gasteiger partial charge in [-0.25, -0.2) is 0 Å². The predicted molar refractivity (Wildman–Crippen MR) is 80.6 cm³/mol. The maximum atomic E-state index is 11.4. The Kier molecular flexibility index (Phi) is 4.40. The van der Waals surface area contributed by atoms with Crippen LogP contribution in [0.2, 0.25) is 0 Å². The molecule has 0 saturated carbocycles. The average molecular weight is 272 g/mol. The maximum absolute atomic E-state index is 11.4. The largest absolute Gasteiger partial charge is 0.377 e. The average Bonchev–Trinajstić information content (AvgIpc) is 2.85. The van der Waals surface area contributed by atoms with Gasteiger partial charge in [0.2, 0.25) is 5.91 Å². The van der Waals surface area contributed by atoms with Crippen LogP contribution in [-0.4, -0.2) is 15.7 Å². The van der Waals surface area contributed by atoms with Crippen molar-refractivity contribution in [2.45, 2.75) is 26.3 Å². The molecule has 0 fully saturated rings. The minimum Gasteiger partial charge on any atom is -0.377 e. The molecule has 106 valence electrons. The predicted octanol–water partition coefficient (Wildman–Crippen LogP) is 2.94. The van der Waals surface area contributed by atoms with Gasteiger partial charge in [-0.2, -0.15) is 5.10 Å². The molecule has 0 saturated heterocycles. The fraction of sp³-hybridized carbons (Fsp3) is 0.333. The summed E-state index contributed by atoms with van der Waals surface area (Å²) >= 11 is 0. The van der Waals surface area contributed by atoms with E-state index in [9.17, 15) is 4.79 Å². The molecule has 2 aromatic rings. The van der Waals surface area contributed by atoms with E-state index in [-0.39, 0.29) is 11.9 Å². The van der Waals surface area contributed by atoms with Gasteiger partial charge in [0.1, 0.15) is 0 Å². The molecule has 2 N–H and O–H groups in total. The fourth-order valence-corrected chi connectivity index (χ4v) is 2.07. The lowest BCUT2D eigenvalue weighted by atomic mass is 10.2. The molecule has 1 unspecified atom stereocenters. The number of nitrogens with zero attached hydrogens (tertiary/aromatic N) is 2. The van der Waals surface area contributed by atoms with Gasteiger partial charge in [0, 0.05) is 31.0 Å². The van der Waals surface area contributed by atoms with Gasteiger partial charge in [0.05, 0.1) is 11.7 Å². The summed E-state index contributed by atoms with van der Waals surface area (Å²) in [7, 11) is 1.92. The molecule has 1 aromatic carbocycles. The topological polar surface area (TPSA) is 59.0 Å². The van der Waals surface area contributed by atoms with E-state index in [2.05, 4.69) is 22.7 Å². The van der Waals surface area contributed by atoms with Crippen LogP contribution in [0.1, 0.15) is 32.0 Å². The molecule has 0 radical (unpaired) electrons. The molecule has 0 bridgehead atoms. The van der Waals surface area contributed by atoms with E-state index in [1.807, 2.05) is 49.0 Å². The van der Waals surface area contributed by atoms with Crippen LogP contribution in [-0.2, 0) is 11.8 Å². The van der Waals surface area contributed by atoms with E-state index in [0.29, 0.717) is 6.42 Å². The first-order valence-corrected chi connectivity index (χ1v) is 6.74. The second-order valence-corrected chi connectivity index (χ2v) is 4.73. The van der Waals surface area contributed by atoms with Gasteiger partial charge in [-0.15, -0.1) is 0 Å². The standard InChI is InChI=1S/C15H20N4O/c1-4-15(20)18-13-7-5-6-12(10-13)17-11(2)14-8-9-16-19(14)3/h5-11,17H,4H2,1-3H3,(H,18,20). The van der Waals surface area contributed by atoms with E-state index < -0.39 is 0 Å². The molecule has 2 rings (SSSR count). The first-order valence-electron chi connectivity index (χ1n) is 6.74. The Morgan fingerprint density at radius 2 is 2.10 bits per heavy atom. The fourth-order valence-electron chi connectivity index (χ4n) is 2.07. The Hall–Kier alpha value is -2.30. The molecule has 1 amide bonds. The summed E-state index contributed by atoms with van der Waals surface area (Å²) in [4.78, 5) is 11.4. The third-order valence-electron chi connectivity index (χ3n) is 3.15. The number of nitrogens with one attached hydrogen (secondary N) is 2. The Labute approximate surface area is 119 Å². The third kappa shape index (κ3) is 3.38. The summed E-state index contributed by atoms with van der Waals surface area (Å²) in [6.45, 7) is 3.91. The van der Waals surface area contributed by atoms with Crippen molar-refractivity contribution in [2.75, 3.05) is 10.6 Å². The molecular formula is C15H20N4O. The minimum atomic E-state index is 0.0156. The zero-order valence-corrected chi connectivity index (χ0v) is 12.1. The SMILES string of the molecule is CCC(=O)Nc1cccc(NC(C)c2ccnn2C)c1. The van der Waals surface area contributed by atoms with Crippen LogP contribution in [0.3, 0.4) is 0 Å². The number of aryl methyl sites for hydroxylation is 1. The molecule has 5 heteroatoms. The molecule has 1 heterocycles. The van der Waals surface area contributed by atoms with Gasteiger partial charge in [0.25, 0.3) is 0 Å². The Balaban J connectivity index is 2.08. The molecular weight excluding hydrogens is 252 g/mol. The molecule has 0 aliphatic rings. The molecule has 0 aliphatic carbocycles. The van der Waals surface area contributed by atoms with E-state index in [1.165, 1.54) is 0 Å². The Morgan fingerprint density at radius 3 is 2.75 bits per heavy atom. The summed E-state index contributed by atoms with van der Waals surface area (Å²) in [5, 5.41) is 10.4. The number of hydrogen-bond donors (Lipinski definition) is 2. The lowest BCUT2D eigenvalue weighted by Gasteiger charge is -2.16. The highest BCUT2D eigenvalue weighted by atomic mass is 16.1. The number of anilines is 2. The van der Waals surface area contributed by atoms with Crippen LogP contribution in [0.4, 0.5) is 11.4 Å². The van der Waals surface area contributed by atoms with Crippen molar-refractivity contribution in [3.05, 3.63) is 42.2 Å². The van der Waals surface area contributed by atoms with Crippen molar-refractivity contribution in [1.29, 1.82) is 0 Å². The number of benzene rings is 1. The van der Waals surface area contributed by atoms with E-state index in [0.717, 1.165) is 17.1 Å². The number of carbonyl (C=O) groups is 1. The lowest BCUT2D eigenvalue weighted by Crippen LogP contribution is -2.12. The van der Waals surface area contributed by atoms with Crippen molar-refractivity contribution in [2.24, 2.45) is 7.05 Å². The first-order chi connectivity index (χ1) is 9.60. The van der Waals surface area contributed by atoms with Crippen LogP contribution in [0.25, 0.3) is 0 Å². The molecule has 0 aliphatic heterocycles. The van der Waals surface area contributed by atoms with Crippen LogP contribution < -0.4 is 10.6 Å². The van der Waals surface area contributed by atoms with Crippen LogP contribution in [0.5, 0.6) is 0 Å². The zero-order valence-electron chi connectivity index (χ0n) is 12.1. The number of aromatic nitrogens is 2. The second kappa shape index (κ2) is 6.23. The summed E-state index contributed by atoms with van der Waals surface area (Å²) in [6.07, 6.45) is 2.26. The van der Waals surface area contributed by atoms with Crippen molar-refractivity contribution in [3.63, 3.8) is 0 Å². The van der Waals surface area contributed by atoms with Gasteiger partial charge in [-0.05, 0) is 31.2 Å². The summed E-state index contributed by atoms with van der Waals surface area (Å²) < 4.78 is 1.85. The molecule has 1 atom stereocenters. The first kappa shape index (κ1) is 14.1. The summed E-state index contributed by atoms with van der Waals surface area (Å²) in [6, 6.07) is 9.84. The number of rotatable bonds is 5. The van der Waals surface area contributed by atoms with Crippen molar-refractivity contribution < 1.29 is 4.79 Å². The van der Waals surface area contributed by atoms with Crippen LogP contribution >= 0.6 is 0 Å². The molecule has 1 aromatic heterocycles. The second-order valence-electron chi connectivity index (χ2n) is 4.73. The van der Waals surface area contributed by atoms with Gasteiger partial charge in [0.15, 0.2) is 0 Å². The van der Waals surface area contributed by atoms with Gasteiger partial charge < -0.3 is 10.6 Å². The summed E-state index contributed by atoms with van der Waals surface area (Å²) in [5.41, 5.74) is 2.87. The zero-order chi connectivity index (χ0) is 14.5. The molecule has 0 spiro atoms. The monoisotopic (exact) mass is 272 g/mol. The van der Waals surface area contributed by atoms with E-state index in [1.54, 1.807) is 6.20 Å². The highest BCUT2D eigenvalue weighted by molar-refractivity contribution is 5.90. The molecule has 5 nitrogen and oxygen atoms in total. The number of hydrogen-bond acceptors (Lipinski definition) is 3. The van der Waals surface area contributed by atoms with Gasteiger partial charge in [-0.3, -0.25) is 9.48 Å². The van der Waals surface area contributed by atoms with Crippen LogP contribution in [0.15, 0.2) is 36.5 Å². The van der Waals surface area contributed by atoms with E-state index in [4.69, 9.17) is 0 Å². The van der Waals surface area contributed by atoms with Crippen molar-refractivity contribution in [1.82, 2.24) is 9.78 Å². The summed E-state index contributed by atoms with van der Waals surface area (Å²) in [5.74, 6) is 0.0156. The Bertz CT molecular complexity index is 591.